The molecule has 34 heavy (non-hydrogen) atoms. The summed E-state index contributed by atoms with van der Waals surface area (Å²) in [6.45, 7) is 4.30. The first-order valence-electron chi connectivity index (χ1n) is 10.9. The van der Waals surface area contributed by atoms with E-state index < -0.39 is 21.5 Å². The van der Waals surface area contributed by atoms with Crippen LogP contribution in [0.1, 0.15) is 6.42 Å². The Balaban J connectivity index is 1.54. The molecule has 1 aliphatic rings. The number of methoxy groups -OCH3 is 1. The standard InChI is InChI=1S/C23H26BrN3O5S2/c1-31-18-4-6-19(7-5-18)34(29,30)16-22(28)27(10-2-9-26-11-13-32-14-12-26)23-25-20-8-3-17(24)15-21(20)33-23/h3-8,15H,2,9-14,16H2,1H3. The Bertz CT molecular complexity index is 1240. The van der Waals surface area contributed by atoms with Gasteiger partial charge in [-0.1, -0.05) is 27.3 Å². The minimum Gasteiger partial charge on any atom is -0.497 e. The Morgan fingerprint density at radius 1 is 1.21 bits per heavy atom. The molecule has 3 aromatic rings. The van der Waals surface area contributed by atoms with Crippen molar-refractivity contribution in [3.63, 3.8) is 0 Å². The van der Waals surface area contributed by atoms with Gasteiger partial charge in [0.1, 0.15) is 11.5 Å². The van der Waals surface area contributed by atoms with Gasteiger partial charge in [-0.15, -0.1) is 0 Å². The van der Waals surface area contributed by atoms with Crippen LogP contribution in [0.3, 0.4) is 0 Å². The summed E-state index contributed by atoms with van der Waals surface area (Å²) in [4.78, 5) is 21.8. The zero-order valence-electron chi connectivity index (χ0n) is 18.8. The van der Waals surface area contributed by atoms with Crippen molar-refractivity contribution >= 4 is 58.4 Å². The molecule has 2 aromatic carbocycles. The Kier molecular flexibility index (Phi) is 8.20. The Hall–Kier alpha value is -2.05. The van der Waals surface area contributed by atoms with Gasteiger partial charge in [-0.3, -0.25) is 14.6 Å². The number of sulfone groups is 1. The number of hydrogen-bond acceptors (Lipinski definition) is 8. The number of anilines is 1. The summed E-state index contributed by atoms with van der Waals surface area (Å²) in [7, 11) is -2.31. The average Bonchev–Trinajstić information content (AvgIpc) is 3.24. The number of ether oxygens (including phenoxy) is 2. The summed E-state index contributed by atoms with van der Waals surface area (Å²) in [6.07, 6.45) is 0.702. The quantitative estimate of drug-likeness (QED) is 0.390. The number of carbonyl (C=O) groups excluding carboxylic acids is 1. The molecule has 0 radical (unpaired) electrons. The van der Waals surface area contributed by atoms with E-state index >= 15 is 0 Å². The molecule has 1 saturated heterocycles. The van der Waals surface area contributed by atoms with E-state index in [0.29, 0.717) is 37.1 Å². The van der Waals surface area contributed by atoms with Gasteiger partial charge >= 0.3 is 0 Å². The van der Waals surface area contributed by atoms with E-state index in [0.717, 1.165) is 34.3 Å². The lowest BCUT2D eigenvalue weighted by molar-refractivity contribution is -0.116. The molecule has 0 bridgehead atoms. The molecule has 0 unspecified atom stereocenters. The molecule has 0 atom stereocenters. The summed E-state index contributed by atoms with van der Waals surface area (Å²) < 4.78 is 38.3. The first-order chi connectivity index (χ1) is 16.4. The van der Waals surface area contributed by atoms with E-state index in [-0.39, 0.29) is 4.90 Å². The predicted octanol–water partition coefficient (Wildman–Crippen LogP) is 3.60. The molecule has 1 fully saturated rings. The molecule has 0 saturated carbocycles. The molecular formula is C23H26BrN3O5S2. The van der Waals surface area contributed by atoms with Gasteiger partial charge in [-0.25, -0.2) is 13.4 Å². The van der Waals surface area contributed by atoms with E-state index in [1.165, 1.54) is 35.5 Å². The van der Waals surface area contributed by atoms with E-state index in [2.05, 4.69) is 25.8 Å². The fourth-order valence-corrected chi connectivity index (χ4v) is 6.47. The molecular weight excluding hydrogens is 542 g/mol. The first kappa shape index (κ1) is 25.1. The maximum absolute atomic E-state index is 13.3. The predicted molar refractivity (Wildman–Crippen MR) is 137 cm³/mol. The summed E-state index contributed by atoms with van der Waals surface area (Å²) in [6, 6.07) is 11.8. The largest absolute Gasteiger partial charge is 0.497 e. The number of rotatable bonds is 9. The van der Waals surface area contributed by atoms with Crippen LogP contribution in [0.5, 0.6) is 5.75 Å². The van der Waals surface area contributed by atoms with Crippen LogP contribution in [0.2, 0.25) is 0 Å². The number of benzene rings is 2. The molecule has 4 rings (SSSR count). The van der Waals surface area contributed by atoms with Crippen LogP contribution in [0.15, 0.2) is 51.8 Å². The second kappa shape index (κ2) is 11.1. The maximum atomic E-state index is 13.3. The molecule has 0 spiro atoms. The highest BCUT2D eigenvalue weighted by Crippen LogP contribution is 2.31. The van der Waals surface area contributed by atoms with Gasteiger partial charge in [0, 0.05) is 30.7 Å². The molecule has 0 N–H and O–H groups in total. The third-order valence-corrected chi connectivity index (χ3v) is 8.71. The number of thiazole rings is 1. The molecule has 2 heterocycles. The molecule has 8 nitrogen and oxygen atoms in total. The number of morpholine rings is 1. The van der Waals surface area contributed by atoms with Gasteiger partial charge < -0.3 is 9.47 Å². The fourth-order valence-electron chi connectivity index (χ4n) is 3.71. The topological polar surface area (TPSA) is 89.0 Å². The van der Waals surface area contributed by atoms with E-state index in [1.54, 1.807) is 12.1 Å². The zero-order chi connectivity index (χ0) is 24.1. The summed E-state index contributed by atoms with van der Waals surface area (Å²) in [5.41, 5.74) is 0.771. The molecule has 1 amide bonds. The maximum Gasteiger partial charge on any atom is 0.244 e. The SMILES string of the molecule is COc1ccc(S(=O)(=O)CC(=O)N(CCCN2CCOCC2)c2nc3ccc(Br)cc3s2)cc1. The Labute approximate surface area is 211 Å². The van der Waals surface area contributed by atoms with Crippen molar-refractivity contribution in [2.24, 2.45) is 0 Å². The van der Waals surface area contributed by atoms with Gasteiger partial charge in [-0.2, -0.15) is 0 Å². The lowest BCUT2D eigenvalue weighted by Gasteiger charge is -2.27. The molecule has 1 aromatic heterocycles. The van der Waals surface area contributed by atoms with Crippen LogP contribution in [0, 0.1) is 0 Å². The number of halogens is 1. The highest BCUT2D eigenvalue weighted by Gasteiger charge is 2.27. The van der Waals surface area contributed by atoms with E-state index in [4.69, 9.17) is 9.47 Å². The van der Waals surface area contributed by atoms with Gasteiger partial charge in [-0.05, 0) is 48.9 Å². The number of nitrogens with zero attached hydrogens (tertiary/aromatic N) is 3. The number of fused-ring (bicyclic) bond motifs is 1. The van der Waals surface area contributed by atoms with E-state index in [1.807, 2.05) is 18.2 Å². The molecule has 0 aliphatic carbocycles. The highest BCUT2D eigenvalue weighted by atomic mass is 79.9. The average molecular weight is 569 g/mol. The van der Waals surface area contributed by atoms with Crippen molar-refractivity contribution in [2.45, 2.75) is 11.3 Å². The minimum atomic E-state index is -3.82. The van der Waals surface area contributed by atoms with Crippen LogP contribution in [0.25, 0.3) is 10.2 Å². The summed E-state index contributed by atoms with van der Waals surface area (Å²) in [5, 5.41) is 0.505. The third kappa shape index (κ3) is 6.14. The second-order valence-electron chi connectivity index (χ2n) is 7.90. The molecule has 1 aliphatic heterocycles. The smallest absolute Gasteiger partial charge is 0.244 e. The first-order valence-corrected chi connectivity index (χ1v) is 14.2. The van der Waals surface area contributed by atoms with Crippen molar-refractivity contribution in [3.05, 3.63) is 46.9 Å². The van der Waals surface area contributed by atoms with E-state index in [9.17, 15) is 13.2 Å². The van der Waals surface area contributed by atoms with Crippen LogP contribution in [-0.2, 0) is 19.4 Å². The summed E-state index contributed by atoms with van der Waals surface area (Å²) >= 11 is 4.84. The monoisotopic (exact) mass is 567 g/mol. The lowest BCUT2D eigenvalue weighted by atomic mass is 10.3. The number of hydrogen-bond donors (Lipinski definition) is 0. The van der Waals surface area contributed by atoms with Gasteiger partial charge in [0.15, 0.2) is 15.0 Å². The summed E-state index contributed by atoms with van der Waals surface area (Å²) in [5.74, 6) is -0.567. The van der Waals surface area contributed by atoms with Crippen molar-refractivity contribution in [3.8, 4) is 5.75 Å². The van der Waals surface area contributed by atoms with Gasteiger partial charge in [0.05, 0.1) is 35.4 Å². The van der Waals surface area contributed by atoms with Crippen molar-refractivity contribution in [1.29, 1.82) is 0 Å². The third-order valence-electron chi connectivity index (χ3n) is 5.56. The highest BCUT2D eigenvalue weighted by molar-refractivity contribution is 9.10. The van der Waals surface area contributed by atoms with Crippen LogP contribution < -0.4 is 9.64 Å². The second-order valence-corrected chi connectivity index (χ2v) is 11.8. The normalized spacial score (nSPS) is 14.9. The van der Waals surface area contributed by atoms with Crippen LogP contribution in [-0.4, -0.2) is 76.5 Å². The Morgan fingerprint density at radius 3 is 2.65 bits per heavy atom. The van der Waals surface area contributed by atoms with Crippen LogP contribution >= 0.6 is 27.3 Å². The Morgan fingerprint density at radius 2 is 1.94 bits per heavy atom. The number of aromatic nitrogens is 1. The number of amides is 1. The molecule has 11 heteroatoms. The lowest BCUT2D eigenvalue weighted by Crippen LogP contribution is -2.40. The van der Waals surface area contributed by atoms with Crippen molar-refractivity contribution < 1.29 is 22.7 Å². The molecule has 182 valence electrons. The minimum absolute atomic E-state index is 0.0862. The van der Waals surface area contributed by atoms with Gasteiger partial charge in [0.2, 0.25) is 5.91 Å². The van der Waals surface area contributed by atoms with Crippen molar-refractivity contribution in [1.82, 2.24) is 9.88 Å². The fraction of sp³-hybridized carbons (Fsp3) is 0.391. The van der Waals surface area contributed by atoms with Gasteiger partial charge in [0.25, 0.3) is 0 Å². The zero-order valence-corrected chi connectivity index (χ0v) is 22.0. The van der Waals surface area contributed by atoms with Crippen molar-refractivity contribution in [2.75, 3.05) is 57.2 Å². The number of carbonyl (C=O) groups is 1. The van der Waals surface area contributed by atoms with Crippen LogP contribution in [0.4, 0.5) is 5.13 Å².